The number of hydrogen-bond donors (Lipinski definition) is 5. The number of H-pyrrole nitrogens is 1. The van der Waals surface area contributed by atoms with E-state index in [1.807, 2.05) is 32.0 Å². The van der Waals surface area contributed by atoms with Crippen molar-refractivity contribution >= 4 is 39.7 Å². The number of rotatable bonds is 10. The van der Waals surface area contributed by atoms with Crippen LogP contribution >= 0.6 is 0 Å². The summed E-state index contributed by atoms with van der Waals surface area (Å²) < 4.78 is 29.8. The molecule has 4 atom stereocenters. The average molecular weight is 602 g/mol. The lowest BCUT2D eigenvalue weighted by atomic mass is 9.84. The first kappa shape index (κ1) is 31.4. The van der Waals surface area contributed by atoms with Crippen molar-refractivity contribution in [2.24, 2.45) is 17.8 Å². The molecule has 2 amide bonds. The number of aromatic nitrogens is 2. The van der Waals surface area contributed by atoms with Gasteiger partial charge in [-0.1, -0.05) is 38.5 Å². The number of carbonyl (C=O) groups excluding carboxylic acids is 2. The molecule has 2 unspecified atom stereocenters. The molecular weight excluding hydrogens is 560 g/mol. The van der Waals surface area contributed by atoms with E-state index in [4.69, 9.17) is 0 Å². The molecule has 2 aromatic rings. The van der Waals surface area contributed by atoms with E-state index >= 15 is 0 Å². The van der Waals surface area contributed by atoms with Crippen molar-refractivity contribution in [2.75, 3.05) is 19.6 Å². The van der Waals surface area contributed by atoms with Crippen molar-refractivity contribution in [3.05, 3.63) is 42.4 Å². The van der Waals surface area contributed by atoms with E-state index in [0.29, 0.717) is 13.0 Å². The number of imidazole rings is 1. The van der Waals surface area contributed by atoms with E-state index in [9.17, 15) is 27.9 Å². The molecular formula is C29H41N6O6S+. The lowest BCUT2D eigenvalue weighted by Gasteiger charge is -2.28. The fourth-order valence-electron chi connectivity index (χ4n) is 5.71. The molecule has 2 aliphatic heterocycles. The first-order valence-corrected chi connectivity index (χ1v) is 16.0. The molecule has 4 rings (SSSR count). The van der Waals surface area contributed by atoms with Crippen molar-refractivity contribution in [3.63, 3.8) is 0 Å². The van der Waals surface area contributed by atoms with Gasteiger partial charge in [-0.25, -0.2) is 22.7 Å². The fourth-order valence-corrected chi connectivity index (χ4v) is 6.68. The number of benzene rings is 1. The summed E-state index contributed by atoms with van der Waals surface area (Å²) in [7, 11) is -4.07. The number of aliphatic carboxylic acids is 1. The van der Waals surface area contributed by atoms with E-state index in [0.717, 1.165) is 49.7 Å². The lowest BCUT2D eigenvalue weighted by molar-refractivity contribution is -0.433. The monoisotopic (exact) mass is 601 g/mol. The number of para-hydroxylation sites is 1. The van der Waals surface area contributed by atoms with Gasteiger partial charge in [0.25, 0.3) is 10.0 Å². The molecule has 13 heteroatoms. The Balaban J connectivity index is 1.57. The summed E-state index contributed by atoms with van der Waals surface area (Å²) in [6, 6.07) is 7.14. The lowest BCUT2D eigenvalue weighted by Crippen LogP contribution is -2.52. The van der Waals surface area contributed by atoms with Crippen LogP contribution in [0.2, 0.25) is 0 Å². The van der Waals surface area contributed by atoms with Crippen molar-refractivity contribution in [3.8, 4) is 0 Å². The Morgan fingerprint density at radius 2 is 1.90 bits per heavy atom. The van der Waals surface area contributed by atoms with Gasteiger partial charge in [-0.05, 0) is 31.6 Å². The van der Waals surface area contributed by atoms with E-state index in [2.05, 4.69) is 42.2 Å². The van der Waals surface area contributed by atoms with Crippen LogP contribution in [0.15, 0.2) is 41.8 Å². The highest BCUT2D eigenvalue weighted by Crippen LogP contribution is 2.35. The molecule has 1 aromatic carbocycles. The third-order valence-corrected chi connectivity index (χ3v) is 9.22. The number of amides is 2. The zero-order valence-corrected chi connectivity index (χ0v) is 24.9. The molecule has 0 radical (unpaired) electrons. The minimum Gasteiger partial charge on any atom is -0.481 e. The number of sulfonamides is 1. The Morgan fingerprint density at radius 1 is 1.14 bits per heavy atom. The minimum absolute atomic E-state index is 0.0655. The maximum Gasteiger partial charge on any atom is 0.308 e. The Morgan fingerprint density at radius 3 is 2.62 bits per heavy atom. The average Bonchev–Trinajstić information content (AvgIpc) is 3.60. The van der Waals surface area contributed by atoms with Crippen molar-refractivity contribution in [2.45, 2.75) is 69.4 Å². The maximum absolute atomic E-state index is 13.8. The number of nitrogens with zero attached hydrogens (tertiary/aromatic N) is 2. The van der Waals surface area contributed by atoms with Crippen LogP contribution in [0.3, 0.4) is 0 Å². The van der Waals surface area contributed by atoms with Crippen LogP contribution in [0.25, 0.3) is 0 Å². The van der Waals surface area contributed by atoms with E-state index in [-0.39, 0.29) is 29.2 Å². The first-order valence-electron chi connectivity index (χ1n) is 14.6. The third-order valence-electron chi connectivity index (χ3n) is 7.87. The largest absolute Gasteiger partial charge is 0.481 e. The number of carboxylic acid groups (broad SMARTS) is 1. The molecule has 12 nitrogen and oxygen atoms in total. The Hall–Kier alpha value is -3.58. The predicted molar refractivity (Wildman–Crippen MR) is 156 cm³/mol. The quantitative estimate of drug-likeness (QED) is 0.259. The van der Waals surface area contributed by atoms with Gasteiger partial charge in [-0.2, -0.15) is 0 Å². The third kappa shape index (κ3) is 7.82. The molecule has 0 aliphatic carbocycles. The number of carboxylic acids is 1. The zero-order valence-electron chi connectivity index (χ0n) is 24.1. The molecule has 228 valence electrons. The standard InChI is InChI=1S/C29H40N6O6S/c1-19(2)13-22(23(29(38)39)15-33-42(40,41)26-16-30-18-32-26)27(36)34-24-14-20-17-35(25-10-6-5-9-21(20)25)12-8-4-3-7-11-31-28(24)37/h5-6,9-10,16-20,22-24,33H,3-4,7-8,11-15H2,1-2H3,(H3-,30,31,32,34,36,37,38,39)/p+1/t20?,22-,23?,24+/m1/s1. The summed E-state index contributed by atoms with van der Waals surface area (Å²) in [4.78, 5) is 45.8. The smallest absolute Gasteiger partial charge is 0.308 e. The van der Waals surface area contributed by atoms with Gasteiger partial charge >= 0.3 is 5.97 Å². The molecule has 2 bridgehead atoms. The molecule has 1 aromatic heterocycles. The highest BCUT2D eigenvalue weighted by molar-refractivity contribution is 7.89. The van der Waals surface area contributed by atoms with Crippen LogP contribution in [0.4, 0.5) is 5.69 Å². The van der Waals surface area contributed by atoms with Gasteiger partial charge < -0.3 is 20.7 Å². The van der Waals surface area contributed by atoms with Gasteiger partial charge in [0.15, 0.2) is 11.2 Å². The summed E-state index contributed by atoms with van der Waals surface area (Å²) in [6.45, 7) is 4.58. The Bertz CT molecular complexity index is 1390. The normalized spacial score (nSPS) is 21.1. The molecule has 0 saturated carbocycles. The topological polar surface area (TPSA) is 173 Å². The fraction of sp³-hybridized carbons (Fsp3) is 0.552. The number of aromatic amines is 1. The van der Waals surface area contributed by atoms with Crippen LogP contribution in [0.1, 0.15) is 63.9 Å². The number of nitrogens with one attached hydrogen (secondary N) is 4. The van der Waals surface area contributed by atoms with Crippen LogP contribution in [-0.2, 0) is 24.4 Å². The zero-order chi connectivity index (χ0) is 30.3. The molecule has 0 saturated heterocycles. The van der Waals surface area contributed by atoms with Gasteiger partial charge in [0, 0.05) is 31.1 Å². The molecule has 2 aliphatic rings. The minimum atomic E-state index is -4.07. The van der Waals surface area contributed by atoms with Crippen LogP contribution in [0.5, 0.6) is 0 Å². The highest BCUT2D eigenvalue weighted by atomic mass is 32.2. The van der Waals surface area contributed by atoms with Crippen LogP contribution in [-0.4, -0.2) is 77.7 Å². The number of carbonyl (C=O) groups is 3. The second-order valence-electron chi connectivity index (χ2n) is 11.5. The molecule has 0 spiro atoms. The summed E-state index contributed by atoms with van der Waals surface area (Å²) >= 11 is 0. The van der Waals surface area contributed by atoms with Gasteiger partial charge in [-0.15, -0.1) is 0 Å². The number of fused-ring (bicyclic) bond motifs is 4. The van der Waals surface area contributed by atoms with Crippen molar-refractivity contribution < 1.29 is 32.5 Å². The highest BCUT2D eigenvalue weighted by Gasteiger charge is 2.39. The van der Waals surface area contributed by atoms with E-state index in [1.54, 1.807) is 0 Å². The summed E-state index contributed by atoms with van der Waals surface area (Å²) in [5.41, 5.74) is 2.18. The number of hydrogen-bond acceptors (Lipinski definition) is 6. The van der Waals surface area contributed by atoms with E-state index < -0.39 is 46.3 Å². The first-order chi connectivity index (χ1) is 20.1. The molecule has 3 heterocycles. The summed E-state index contributed by atoms with van der Waals surface area (Å²) in [5.74, 6) is -4.84. The Labute approximate surface area is 246 Å². The second kappa shape index (κ2) is 14.1. The molecule has 5 N–H and O–H groups in total. The second-order valence-corrected chi connectivity index (χ2v) is 13.2. The summed E-state index contributed by atoms with van der Waals surface area (Å²) in [5, 5.41) is 15.7. The molecule has 42 heavy (non-hydrogen) atoms. The van der Waals surface area contributed by atoms with Gasteiger partial charge in [0.1, 0.15) is 12.6 Å². The predicted octanol–water partition coefficient (Wildman–Crippen LogP) is 2.13. The van der Waals surface area contributed by atoms with Crippen LogP contribution < -0.4 is 15.4 Å². The van der Waals surface area contributed by atoms with E-state index in [1.165, 1.54) is 6.33 Å². The Kier molecular flexibility index (Phi) is 10.5. The van der Waals surface area contributed by atoms with Crippen molar-refractivity contribution in [1.29, 1.82) is 0 Å². The SMILES string of the molecule is CC(C)C[C@@H](C(=O)N[C@H]1CC2C=[N+](CCCCCCNC1=O)c1ccccc12)C(CNS(=O)(=O)c1cnc[nH]1)C(=O)O. The maximum atomic E-state index is 13.8. The van der Waals surface area contributed by atoms with Gasteiger partial charge in [0.2, 0.25) is 17.5 Å². The summed E-state index contributed by atoms with van der Waals surface area (Å²) in [6.07, 6.45) is 8.80. The van der Waals surface area contributed by atoms with Crippen molar-refractivity contribution in [1.82, 2.24) is 25.3 Å². The van der Waals surface area contributed by atoms with Gasteiger partial charge in [-0.3, -0.25) is 14.4 Å². The van der Waals surface area contributed by atoms with Crippen LogP contribution in [0, 0.1) is 17.8 Å². The van der Waals surface area contributed by atoms with Gasteiger partial charge in [0.05, 0.1) is 30.3 Å². The molecule has 0 fully saturated rings.